The first-order chi connectivity index (χ1) is 7.68. The summed E-state index contributed by atoms with van der Waals surface area (Å²) in [6, 6.07) is 0.781. The molecule has 0 bridgehead atoms. The van der Waals surface area contributed by atoms with Crippen molar-refractivity contribution < 1.29 is 4.79 Å². The van der Waals surface area contributed by atoms with Crippen molar-refractivity contribution in [3.8, 4) is 0 Å². The lowest BCUT2D eigenvalue weighted by molar-refractivity contribution is -0.125. The molecule has 1 saturated carbocycles. The Hall–Kier alpha value is -0.610. The number of rotatable bonds is 5. The molecule has 0 spiro atoms. The molecular weight excluding hydrogens is 202 g/mol. The number of carbonyl (C=O) groups excluding carboxylic acids is 1. The maximum Gasteiger partial charge on any atom is 0.224 e. The quantitative estimate of drug-likeness (QED) is 0.695. The molecule has 4 heteroatoms. The second-order valence-corrected chi connectivity index (χ2v) is 5.24. The van der Waals surface area contributed by atoms with E-state index in [9.17, 15) is 4.79 Å². The summed E-state index contributed by atoms with van der Waals surface area (Å²) in [5.41, 5.74) is 0. The smallest absolute Gasteiger partial charge is 0.224 e. The Balaban J connectivity index is 1.63. The molecule has 1 aliphatic heterocycles. The van der Waals surface area contributed by atoms with Crippen LogP contribution in [-0.4, -0.2) is 50.1 Å². The summed E-state index contributed by atoms with van der Waals surface area (Å²) in [5, 5.41) is 6.31. The van der Waals surface area contributed by atoms with Crippen LogP contribution in [0.25, 0.3) is 0 Å². The fourth-order valence-electron chi connectivity index (χ4n) is 2.35. The molecule has 2 N–H and O–H groups in total. The Morgan fingerprint density at radius 2 is 2.19 bits per heavy atom. The van der Waals surface area contributed by atoms with Crippen molar-refractivity contribution >= 4 is 5.91 Å². The molecule has 4 nitrogen and oxygen atoms in total. The third kappa shape index (κ3) is 2.95. The number of nitrogens with one attached hydrogen (secondary N) is 2. The predicted molar refractivity (Wildman–Crippen MR) is 64.2 cm³/mol. The van der Waals surface area contributed by atoms with Crippen LogP contribution < -0.4 is 10.6 Å². The van der Waals surface area contributed by atoms with E-state index >= 15 is 0 Å². The third-order valence-electron chi connectivity index (χ3n) is 3.79. The van der Waals surface area contributed by atoms with Crippen molar-refractivity contribution in [3.05, 3.63) is 0 Å². The summed E-state index contributed by atoms with van der Waals surface area (Å²) in [5.74, 6) is 0.870. The van der Waals surface area contributed by atoms with Crippen LogP contribution in [0.5, 0.6) is 0 Å². The summed E-state index contributed by atoms with van der Waals surface area (Å²) >= 11 is 0. The summed E-state index contributed by atoms with van der Waals surface area (Å²) < 4.78 is 0. The van der Waals surface area contributed by atoms with E-state index in [0.717, 1.165) is 32.2 Å². The normalized spacial score (nSPS) is 29.7. The predicted octanol–water partition coefficient (Wildman–Crippen LogP) is 0.0523. The van der Waals surface area contributed by atoms with Gasteiger partial charge in [-0.3, -0.25) is 4.79 Å². The maximum absolute atomic E-state index is 11.9. The third-order valence-corrected chi connectivity index (χ3v) is 3.79. The largest absolute Gasteiger partial charge is 0.355 e. The fraction of sp³-hybridized carbons (Fsp3) is 0.917. The van der Waals surface area contributed by atoms with Gasteiger partial charge < -0.3 is 15.5 Å². The van der Waals surface area contributed by atoms with Crippen LogP contribution in [-0.2, 0) is 4.79 Å². The minimum Gasteiger partial charge on any atom is -0.355 e. The van der Waals surface area contributed by atoms with Gasteiger partial charge in [0, 0.05) is 25.7 Å². The standard InChI is InChI=1S/C12H23N3O/c1-9-7-13-8-11(9)12(16)14-5-6-15(2)10-3-4-10/h9-11,13H,3-8H2,1-2H3,(H,14,16)/t9-,11-/m1/s1. The van der Waals surface area contributed by atoms with Crippen LogP contribution in [0.1, 0.15) is 19.8 Å². The molecule has 2 atom stereocenters. The SMILES string of the molecule is C[C@@H]1CNC[C@H]1C(=O)NCCN(C)C1CC1. The number of hydrogen-bond acceptors (Lipinski definition) is 3. The van der Waals surface area contributed by atoms with Crippen molar-refractivity contribution in [2.75, 3.05) is 33.2 Å². The number of likely N-dealkylation sites (N-methyl/N-ethyl adjacent to an activating group) is 1. The van der Waals surface area contributed by atoms with Gasteiger partial charge >= 0.3 is 0 Å². The maximum atomic E-state index is 11.9. The second kappa shape index (κ2) is 5.15. The molecule has 2 aliphatic rings. The van der Waals surface area contributed by atoms with Crippen molar-refractivity contribution in [1.82, 2.24) is 15.5 Å². The minimum atomic E-state index is 0.172. The lowest BCUT2D eigenvalue weighted by Crippen LogP contribution is -2.39. The highest BCUT2D eigenvalue weighted by Gasteiger charge is 2.29. The van der Waals surface area contributed by atoms with Crippen LogP contribution in [0, 0.1) is 11.8 Å². The molecule has 1 aliphatic carbocycles. The summed E-state index contributed by atoms with van der Waals surface area (Å²) in [7, 11) is 2.14. The molecule has 0 radical (unpaired) electrons. The van der Waals surface area contributed by atoms with E-state index in [1.54, 1.807) is 0 Å². The van der Waals surface area contributed by atoms with E-state index in [1.807, 2.05) is 0 Å². The highest BCUT2D eigenvalue weighted by molar-refractivity contribution is 5.79. The summed E-state index contributed by atoms with van der Waals surface area (Å²) in [6.45, 7) is 5.71. The van der Waals surface area contributed by atoms with Gasteiger partial charge in [-0.25, -0.2) is 0 Å². The molecule has 0 aromatic rings. The first kappa shape index (κ1) is 11.9. The van der Waals surface area contributed by atoms with Gasteiger partial charge in [0.2, 0.25) is 5.91 Å². The van der Waals surface area contributed by atoms with E-state index in [1.165, 1.54) is 12.8 Å². The van der Waals surface area contributed by atoms with Crippen molar-refractivity contribution in [3.63, 3.8) is 0 Å². The molecule has 0 aromatic carbocycles. The van der Waals surface area contributed by atoms with Crippen LogP contribution in [0.3, 0.4) is 0 Å². The minimum absolute atomic E-state index is 0.172. The van der Waals surface area contributed by atoms with E-state index in [0.29, 0.717) is 5.92 Å². The zero-order chi connectivity index (χ0) is 11.5. The van der Waals surface area contributed by atoms with Gasteiger partial charge in [-0.2, -0.15) is 0 Å². The van der Waals surface area contributed by atoms with Gasteiger partial charge in [0.05, 0.1) is 5.92 Å². The van der Waals surface area contributed by atoms with Crippen molar-refractivity contribution in [2.24, 2.45) is 11.8 Å². The first-order valence-corrected chi connectivity index (χ1v) is 6.37. The lowest BCUT2D eigenvalue weighted by Gasteiger charge is -2.18. The Morgan fingerprint density at radius 1 is 1.44 bits per heavy atom. The fourth-order valence-corrected chi connectivity index (χ4v) is 2.35. The van der Waals surface area contributed by atoms with Gasteiger partial charge in [0.1, 0.15) is 0 Å². The van der Waals surface area contributed by atoms with Gasteiger partial charge in [-0.15, -0.1) is 0 Å². The number of hydrogen-bond donors (Lipinski definition) is 2. The average molecular weight is 225 g/mol. The van der Waals surface area contributed by atoms with E-state index < -0.39 is 0 Å². The Bertz CT molecular complexity index is 253. The molecule has 2 fully saturated rings. The summed E-state index contributed by atoms with van der Waals surface area (Å²) in [4.78, 5) is 14.2. The number of amides is 1. The van der Waals surface area contributed by atoms with Gasteiger partial charge in [0.25, 0.3) is 0 Å². The molecule has 0 unspecified atom stereocenters. The van der Waals surface area contributed by atoms with Crippen LogP contribution in [0.15, 0.2) is 0 Å². The second-order valence-electron chi connectivity index (χ2n) is 5.24. The molecule has 16 heavy (non-hydrogen) atoms. The molecule has 1 amide bonds. The van der Waals surface area contributed by atoms with E-state index in [-0.39, 0.29) is 11.8 Å². The number of nitrogens with zero attached hydrogens (tertiary/aromatic N) is 1. The first-order valence-electron chi connectivity index (χ1n) is 6.37. The number of carbonyl (C=O) groups is 1. The highest BCUT2D eigenvalue weighted by atomic mass is 16.1. The molecule has 2 rings (SSSR count). The molecule has 92 valence electrons. The van der Waals surface area contributed by atoms with Crippen molar-refractivity contribution in [1.29, 1.82) is 0 Å². The molecule has 1 heterocycles. The van der Waals surface area contributed by atoms with Crippen LogP contribution in [0.4, 0.5) is 0 Å². The van der Waals surface area contributed by atoms with E-state index in [2.05, 4.69) is 29.5 Å². The monoisotopic (exact) mass is 225 g/mol. The summed E-state index contributed by atoms with van der Waals surface area (Å²) in [6.07, 6.45) is 2.65. The highest BCUT2D eigenvalue weighted by Crippen LogP contribution is 2.24. The zero-order valence-electron chi connectivity index (χ0n) is 10.3. The Kier molecular flexibility index (Phi) is 3.82. The van der Waals surface area contributed by atoms with Crippen molar-refractivity contribution in [2.45, 2.75) is 25.8 Å². The molecule has 0 aromatic heterocycles. The van der Waals surface area contributed by atoms with E-state index in [4.69, 9.17) is 0 Å². The van der Waals surface area contributed by atoms with Gasteiger partial charge in [-0.05, 0) is 32.4 Å². The molecular formula is C12H23N3O. The Morgan fingerprint density at radius 3 is 2.75 bits per heavy atom. The average Bonchev–Trinajstić information content (AvgIpc) is 3.01. The zero-order valence-corrected chi connectivity index (χ0v) is 10.3. The van der Waals surface area contributed by atoms with Gasteiger partial charge in [-0.1, -0.05) is 6.92 Å². The lowest BCUT2D eigenvalue weighted by atomic mass is 9.97. The Labute approximate surface area is 97.8 Å². The molecule has 1 saturated heterocycles. The van der Waals surface area contributed by atoms with Gasteiger partial charge in [0.15, 0.2) is 0 Å². The van der Waals surface area contributed by atoms with Crippen LogP contribution >= 0.6 is 0 Å². The van der Waals surface area contributed by atoms with Crippen LogP contribution in [0.2, 0.25) is 0 Å². The topological polar surface area (TPSA) is 44.4 Å².